The van der Waals surface area contributed by atoms with Crippen LogP contribution in [0.5, 0.6) is 0 Å². The van der Waals surface area contributed by atoms with Crippen LogP contribution in [0, 0.1) is 5.82 Å². The van der Waals surface area contributed by atoms with Crippen LogP contribution in [0.1, 0.15) is 21.8 Å². The number of hydrogen-bond acceptors (Lipinski definition) is 3. The number of rotatable bonds is 5. The highest BCUT2D eigenvalue weighted by molar-refractivity contribution is 6.06. The molecular weight excluding hydrogens is 323 g/mol. The maximum Gasteiger partial charge on any atom is 0.314 e. The molecule has 128 valence electrons. The van der Waals surface area contributed by atoms with Gasteiger partial charge in [0.1, 0.15) is 5.82 Å². The summed E-state index contributed by atoms with van der Waals surface area (Å²) < 4.78 is 17.9. The van der Waals surface area contributed by atoms with Gasteiger partial charge < -0.3 is 15.0 Å². The van der Waals surface area contributed by atoms with Gasteiger partial charge in [0.05, 0.1) is 13.0 Å². The lowest BCUT2D eigenvalue weighted by atomic mass is 9.99. The molecule has 0 aliphatic carbocycles. The summed E-state index contributed by atoms with van der Waals surface area (Å²) in [6.45, 7) is 0.0535. The summed E-state index contributed by atoms with van der Waals surface area (Å²) in [5.41, 5.74) is 1.95. The second-order valence-corrected chi connectivity index (χ2v) is 5.58. The lowest BCUT2D eigenvalue weighted by molar-refractivity contribution is -0.142. The monoisotopic (exact) mass is 340 g/mol. The molecule has 25 heavy (non-hydrogen) atoms. The molecule has 0 saturated carbocycles. The molecule has 3 rings (SSSR count). The van der Waals surface area contributed by atoms with E-state index in [0.717, 1.165) is 10.9 Å². The number of hydrogen-bond donors (Lipinski definition) is 2. The zero-order valence-corrected chi connectivity index (χ0v) is 13.6. The molecule has 2 aromatic carbocycles. The van der Waals surface area contributed by atoms with Gasteiger partial charge in [0.15, 0.2) is 0 Å². The van der Waals surface area contributed by atoms with Gasteiger partial charge in [0, 0.05) is 29.2 Å². The van der Waals surface area contributed by atoms with Crippen LogP contribution in [-0.2, 0) is 9.53 Å². The van der Waals surface area contributed by atoms with Gasteiger partial charge in [-0.15, -0.1) is 0 Å². The molecular formula is C19H17FN2O3. The number of benzene rings is 2. The summed E-state index contributed by atoms with van der Waals surface area (Å²) in [6.07, 6.45) is 1.76. The normalized spacial score (nSPS) is 11.9. The van der Waals surface area contributed by atoms with Crippen LogP contribution in [0.2, 0.25) is 0 Å². The Kier molecular flexibility index (Phi) is 4.79. The van der Waals surface area contributed by atoms with E-state index >= 15 is 0 Å². The molecule has 1 amide bonds. The number of esters is 1. The smallest absolute Gasteiger partial charge is 0.314 e. The zero-order valence-electron chi connectivity index (χ0n) is 13.6. The predicted molar refractivity (Wildman–Crippen MR) is 91.8 cm³/mol. The number of fused-ring (bicyclic) bond motifs is 1. The van der Waals surface area contributed by atoms with Crippen LogP contribution in [0.4, 0.5) is 4.39 Å². The number of ether oxygens (including phenoxy) is 1. The summed E-state index contributed by atoms with van der Waals surface area (Å²) in [5, 5.41) is 3.56. The Morgan fingerprint density at radius 3 is 2.64 bits per heavy atom. The number of methoxy groups -OCH3 is 1. The highest BCUT2D eigenvalue weighted by Crippen LogP contribution is 2.19. The van der Waals surface area contributed by atoms with E-state index in [1.807, 2.05) is 12.1 Å². The minimum absolute atomic E-state index is 0.0535. The van der Waals surface area contributed by atoms with E-state index in [9.17, 15) is 14.0 Å². The summed E-state index contributed by atoms with van der Waals surface area (Å²) in [4.78, 5) is 27.6. The summed E-state index contributed by atoms with van der Waals surface area (Å²) in [5.74, 6) is -1.89. The second-order valence-electron chi connectivity index (χ2n) is 5.58. The molecule has 1 unspecified atom stereocenters. The van der Waals surface area contributed by atoms with Crippen molar-refractivity contribution < 1.29 is 18.7 Å². The van der Waals surface area contributed by atoms with Crippen LogP contribution in [-0.4, -0.2) is 30.5 Å². The van der Waals surface area contributed by atoms with Crippen molar-refractivity contribution in [1.29, 1.82) is 0 Å². The number of H-pyrrole nitrogens is 1. The summed E-state index contributed by atoms with van der Waals surface area (Å²) in [7, 11) is 1.28. The zero-order chi connectivity index (χ0) is 17.8. The van der Waals surface area contributed by atoms with Crippen molar-refractivity contribution >= 4 is 22.8 Å². The Balaban J connectivity index is 1.79. The fourth-order valence-corrected chi connectivity index (χ4v) is 2.75. The first kappa shape index (κ1) is 16.7. The number of amides is 1. The van der Waals surface area contributed by atoms with Crippen LogP contribution in [0.3, 0.4) is 0 Å². The fraction of sp³-hybridized carbons (Fsp3) is 0.158. The molecule has 0 aliphatic heterocycles. The minimum Gasteiger partial charge on any atom is -0.468 e. The van der Waals surface area contributed by atoms with Crippen molar-refractivity contribution in [2.75, 3.05) is 13.7 Å². The molecule has 0 aliphatic rings. The van der Waals surface area contributed by atoms with E-state index in [4.69, 9.17) is 4.74 Å². The maximum atomic E-state index is 13.1. The number of aromatic amines is 1. The third-order valence-electron chi connectivity index (χ3n) is 4.06. The van der Waals surface area contributed by atoms with Crippen LogP contribution in [0.15, 0.2) is 54.7 Å². The van der Waals surface area contributed by atoms with Gasteiger partial charge in [-0.1, -0.05) is 18.2 Å². The van der Waals surface area contributed by atoms with Crippen molar-refractivity contribution in [1.82, 2.24) is 10.3 Å². The summed E-state index contributed by atoms with van der Waals surface area (Å²) >= 11 is 0. The van der Waals surface area contributed by atoms with E-state index in [1.54, 1.807) is 18.3 Å². The summed E-state index contributed by atoms with van der Waals surface area (Å²) in [6, 6.07) is 12.8. The third kappa shape index (κ3) is 3.52. The molecule has 6 heteroatoms. The van der Waals surface area contributed by atoms with Crippen molar-refractivity contribution in [3.05, 3.63) is 71.7 Å². The van der Waals surface area contributed by atoms with Gasteiger partial charge >= 0.3 is 5.97 Å². The Hall–Kier alpha value is -3.15. The van der Waals surface area contributed by atoms with Gasteiger partial charge in [-0.05, 0) is 35.9 Å². The van der Waals surface area contributed by atoms with Gasteiger partial charge in [-0.25, -0.2) is 4.39 Å². The van der Waals surface area contributed by atoms with Gasteiger partial charge in [-0.2, -0.15) is 0 Å². The standard InChI is InChI=1S/C19H17FN2O3/c1-25-19(24)16(12-5-7-13(20)8-6-12)11-22-18(23)15-3-2-4-17-14(15)9-10-21-17/h2-10,16,21H,11H2,1H3,(H,22,23). The molecule has 1 aromatic heterocycles. The van der Waals surface area contributed by atoms with E-state index in [-0.39, 0.29) is 12.5 Å². The SMILES string of the molecule is COC(=O)C(CNC(=O)c1cccc2[nH]ccc12)c1ccc(F)cc1. The fourth-order valence-electron chi connectivity index (χ4n) is 2.75. The molecule has 2 N–H and O–H groups in total. The van der Waals surface area contributed by atoms with E-state index in [0.29, 0.717) is 11.1 Å². The average molecular weight is 340 g/mol. The van der Waals surface area contributed by atoms with Crippen molar-refractivity contribution in [2.45, 2.75) is 5.92 Å². The largest absolute Gasteiger partial charge is 0.468 e. The third-order valence-corrected chi connectivity index (χ3v) is 4.06. The Morgan fingerprint density at radius 1 is 1.16 bits per heavy atom. The van der Waals surface area contributed by atoms with Crippen LogP contribution >= 0.6 is 0 Å². The van der Waals surface area contributed by atoms with Gasteiger partial charge in [-0.3, -0.25) is 9.59 Å². The van der Waals surface area contributed by atoms with Crippen LogP contribution < -0.4 is 5.32 Å². The molecule has 0 spiro atoms. The number of carbonyl (C=O) groups excluding carboxylic acids is 2. The molecule has 0 bridgehead atoms. The molecule has 0 fully saturated rings. The first-order valence-corrected chi connectivity index (χ1v) is 7.77. The van der Waals surface area contributed by atoms with Gasteiger partial charge in [0.2, 0.25) is 0 Å². The van der Waals surface area contributed by atoms with E-state index < -0.39 is 17.7 Å². The lowest BCUT2D eigenvalue weighted by Crippen LogP contribution is -2.32. The van der Waals surface area contributed by atoms with Crippen molar-refractivity contribution in [3.63, 3.8) is 0 Å². The molecule has 1 heterocycles. The Bertz CT molecular complexity index is 902. The molecule has 3 aromatic rings. The van der Waals surface area contributed by atoms with Crippen molar-refractivity contribution in [3.8, 4) is 0 Å². The molecule has 0 saturated heterocycles. The Labute approximate surface area is 143 Å². The lowest BCUT2D eigenvalue weighted by Gasteiger charge is -2.16. The Morgan fingerprint density at radius 2 is 1.92 bits per heavy atom. The molecule has 5 nitrogen and oxygen atoms in total. The minimum atomic E-state index is -0.708. The van der Waals surface area contributed by atoms with E-state index in [2.05, 4.69) is 10.3 Å². The van der Waals surface area contributed by atoms with Crippen molar-refractivity contribution in [2.24, 2.45) is 0 Å². The average Bonchev–Trinajstić information content (AvgIpc) is 3.11. The topological polar surface area (TPSA) is 71.2 Å². The predicted octanol–water partition coefficient (Wildman–Crippen LogP) is 2.99. The number of nitrogens with one attached hydrogen (secondary N) is 2. The second kappa shape index (κ2) is 7.17. The highest BCUT2D eigenvalue weighted by atomic mass is 19.1. The molecule has 1 atom stereocenters. The first-order chi connectivity index (χ1) is 12.1. The maximum absolute atomic E-state index is 13.1. The van der Waals surface area contributed by atoms with Gasteiger partial charge in [0.25, 0.3) is 5.91 Å². The van der Waals surface area contributed by atoms with Crippen LogP contribution in [0.25, 0.3) is 10.9 Å². The number of halogens is 1. The van der Waals surface area contributed by atoms with E-state index in [1.165, 1.54) is 31.4 Å². The molecule has 0 radical (unpaired) electrons. The number of aromatic nitrogens is 1. The first-order valence-electron chi connectivity index (χ1n) is 7.77. The highest BCUT2D eigenvalue weighted by Gasteiger charge is 2.23. The number of carbonyl (C=O) groups is 2. The quantitative estimate of drug-likeness (QED) is 0.702.